The Balaban J connectivity index is 2.00. The van der Waals surface area contributed by atoms with E-state index in [1.807, 2.05) is 0 Å². The first-order valence-electron chi connectivity index (χ1n) is 4.82. The number of rotatable bonds is 3. The number of carbonyl (C=O) groups is 1. The van der Waals surface area contributed by atoms with E-state index < -0.39 is 5.97 Å². The molecular weight excluding hydrogens is 213 g/mol. The molecule has 0 saturated heterocycles. The first kappa shape index (κ1) is 10.6. The van der Waals surface area contributed by atoms with Crippen molar-refractivity contribution in [1.29, 1.82) is 0 Å². The SMILES string of the molecule is O=C(O)CC1=NCC(c2ccc(F)cc2)O1. The quantitative estimate of drug-likeness (QED) is 0.849. The summed E-state index contributed by atoms with van der Waals surface area (Å²) in [6.07, 6.45) is -0.507. The van der Waals surface area contributed by atoms with Gasteiger partial charge in [-0.3, -0.25) is 9.79 Å². The van der Waals surface area contributed by atoms with Crippen molar-refractivity contribution < 1.29 is 19.0 Å². The Labute approximate surface area is 91.4 Å². The van der Waals surface area contributed by atoms with E-state index in [1.54, 1.807) is 12.1 Å². The van der Waals surface area contributed by atoms with Gasteiger partial charge in [0, 0.05) is 0 Å². The third-order valence-electron chi connectivity index (χ3n) is 2.26. The Morgan fingerprint density at radius 2 is 2.19 bits per heavy atom. The van der Waals surface area contributed by atoms with Crippen LogP contribution in [0.1, 0.15) is 18.1 Å². The molecule has 1 aromatic rings. The molecule has 1 unspecified atom stereocenters. The minimum atomic E-state index is -0.974. The first-order chi connectivity index (χ1) is 7.65. The molecule has 1 atom stereocenters. The monoisotopic (exact) mass is 223 g/mol. The van der Waals surface area contributed by atoms with Gasteiger partial charge in [-0.2, -0.15) is 0 Å². The number of hydrogen-bond acceptors (Lipinski definition) is 3. The van der Waals surface area contributed by atoms with Gasteiger partial charge in [0.2, 0.25) is 0 Å². The van der Waals surface area contributed by atoms with Gasteiger partial charge in [0.05, 0.1) is 6.54 Å². The topological polar surface area (TPSA) is 58.9 Å². The van der Waals surface area contributed by atoms with Crippen LogP contribution in [-0.4, -0.2) is 23.5 Å². The fourth-order valence-corrected chi connectivity index (χ4v) is 1.50. The fraction of sp³-hybridized carbons (Fsp3) is 0.273. The standard InChI is InChI=1S/C11H10FNO3/c12-8-3-1-7(2-4-8)9-6-13-10(16-9)5-11(14)15/h1-4,9H,5-6H2,(H,14,15). The molecule has 1 heterocycles. The van der Waals surface area contributed by atoms with Crippen LogP contribution in [0.25, 0.3) is 0 Å². The van der Waals surface area contributed by atoms with Gasteiger partial charge in [-0.25, -0.2) is 4.39 Å². The molecule has 4 nitrogen and oxygen atoms in total. The average Bonchev–Trinajstić information content (AvgIpc) is 2.66. The Morgan fingerprint density at radius 3 is 2.81 bits per heavy atom. The van der Waals surface area contributed by atoms with Gasteiger partial charge >= 0.3 is 5.97 Å². The van der Waals surface area contributed by atoms with E-state index in [0.717, 1.165) is 5.56 Å². The van der Waals surface area contributed by atoms with Crippen molar-refractivity contribution in [2.45, 2.75) is 12.5 Å². The summed E-state index contributed by atoms with van der Waals surface area (Å²) in [6.45, 7) is 0.383. The molecule has 0 aliphatic carbocycles. The van der Waals surface area contributed by atoms with Crippen LogP contribution in [0.5, 0.6) is 0 Å². The number of carboxylic acid groups (broad SMARTS) is 1. The molecule has 16 heavy (non-hydrogen) atoms. The van der Waals surface area contributed by atoms with Gasteiger partial charge in [0.1, 0.15) is 18.3 Å². The molecule has 1 N–H and O–H groups in total. The Morgan fingerprint density at radius 1 is 1.50 bits per heavy atom. The molecule has 5 heteroatoms. The van der Waals surface area contributed by atoms with Crippen LogP contribution in [0.3, 0.4) is 0 Å². The van der Waals surface area contributed by atoms with E-state index in [2.05, 4.69) is 4.99 Å². The number of halogens is 1. The van der Waals surface area contributed by atoms with Crippen LogP contribution < -0.4 is 0 Å². The molecule has 2 rings (SSSR count). The third-order valence-corrected chi connectivity index (χ3v) is 2.26. The van der Waals surface area contributed by atoms with Crippen LogP contribution in [0.2, 0.25) is 0 Å². The molecule has 0 spiro atoms. The number of benzene rings is 1. The van der Waals surface area contributed by atoms with Crippen molar-refractivity contribution in [3.63, 3.8) is 0 Å². The van der Waals surface area contributed by atoms with Crippen LogP contribution in [0, 0.1) is 5.82 Å². The van der Waals surface area contributed by atoms with E-state index >= 15 is 0 Å². The summed E-state index contributed by atoms with van der Waals surface area (Å²) < 4.78 is 18.0. The van der Waals surface area contributed by atoms with Crippen molar-refractivity contribution in [2.75, 3.05) is 6.54 Å². The van der Waals surface area contributed by atoms with Gasteiger partial charge < -0.3 is 9.84 Å². The van der Waals surface area contributed by atoms with E-state index in [0.29, 0.717) is 6.54 Å². The van der Waals surface area contributed by atoms with Gasteiger partial charge in [0.15, 0.2) is 5.90 Å². The smallest absolute Gasteiger partial charge is 0.312 e. The molecule has 0 bridgehead atoms. The second-order valence-electron chi connectivity index (χ2n) is 3.46. The second kappa shape index (κ2) is 4.30. The molecule has 0 radical (unpaired) electrons. The highest BCUT2D eigenvalue weighted by molar-refractivity contribution is 5.94. The molecule has 0 fully saturated rings. The molecule has 0 saturated carbocycles. The highest BCUT2D eigenvalue weighted by atomic mass is 19.1. The van der Waals surface area contributed by atoms with E-state index in [-0.39, 0.29) is 24.2 Å². The molecule has 0 aromatic heterocycles. The molecule has 0 amide bonds. The van der Waals surface area contributed by atoms with Gasteiger partial charge in [-0.15, -0.1) is 0 Å². The highest BCUT2D eigenvalue weighted by Gasteiger charge is 2.22. The van der Waals surface area contributed by atoms with Crippen molar-refractivity contribution >= 4 is 11.9 Å². The second-order valence-corrected chi connectivity index (χ2v) is 3.46. The lowest BCUT2D eigenvalue weighted by Crippen LogP contribution is -2.09. The minimum absolute atomic E-state index is 0.211. The summed E-state index contributed by atoms with van der Waals surface area (Å²) in [5.41, 5.74) is 0.797. The summed E-state index contributed by atoms with van der Waals surface area (Å²) in [5, 5.41) is 8.56. The van der Waals surface area contributed by atoms with E-state index in [1.165, 1.54) is 12.1 Å². The molecule has 1 aromatic carbocycles. The predicted molar refractivity (Wildman–Crippen MR) is 54.8 cm³/mol. The number of carboxylic acids is 1. The Hall–Kier alpha value is -1.91. The van der Waals surface area contributed by atoms with Crippen LogP contribution in [-0.2, 0) is 9.53 Å². The summed E-state index contributed by atoms with van der Waals surface area (Å²) in [6, 6.07) is 5.90. The minimum Gasteiger partial charge on any atom is -0.481 e. The number of hydrogen-bond donors (Lipinski definition) is 1. The highest BCUT2D eigenvalue weighted by Crippen LogP contribution is 2.23. The third kappa shape index (κ3) is 2.36. The zero-order chi connectivity index (χ0) is 11.5. The van der Waals surface area contributed by atoms with Crippen LogP contribution in [0.15, 0.2) is 29.3 Å². The zero-order valence-corrected chi connectivity index (χ0v) is 8.39. The lowest BCUT2D eigenvalue weighted by atomic mass is 10.1. The fourth-order valence-electron chi connectivity index (χ4n) is 1.50. The summed E-state index contributed by atoms with van der Waals surface area (Å²) in [5.74, 6) is -1.06. The molecule has 1 aliphatic rings. The summed E-state index contributed by atoms with van der Waals surface area (Å²) >= 11 is 0. The maximum absolute atomic E-state index is 12.7. The van der Waals surface area contributed by atoms with Crippen LogP contribution in [0.4, 0.5) is 4.39 Å². The van der Waals surface area contributed by atoms with Crippen molar-refractivity contribution in [2.24, 2.45) is 4.99 Å². The van der Waals surface area contributed by atoms with Gasteiger partial charge in [0.25, 0.3) is 0 Å². The molecule has 1 aliphatic heterocycles. The number of aliphatic imine (C=N–C) groups is 1. The maximum Gasteiger partial charge on any atom is 0.312 e. The van der Waals surface area contributed by atoms with Crippen molar-refractivity contribution in [3.05, 3.63) is 35.6 Å². The number of ether oxygens (including phenoxy) is 1. The van der Waals surface area contributed by atoms with E-state index in [9.17, 15) is 9.18 Å². The summed E-state index contributed by atoms with van der Waals surface area (Å²) in [7, 11) is 0. The normalized spacial score (nSPS) is 19.1. The average molecular weight is 223 g/mol. The summed E-state index contributed by atoms with van der Waals surface area (Å²) in [4.78, 5) is 14.4. The van der Waals surface area contributed by atoms with Gasteiger partial charge in [-0.05, 0) is 17.7 Å². The first-order valence-corrected chi connectivity index (χ1v) is 4.82. The Bertz CT molecular complexity index is 427. The predicted octanol–water partition coefficient (Wildman–Crippen LogP) is 1.77. The lowest BCUT2D eigenvalue weighted by molar-refractivity contribution is -0.135. The van der Waals surface area contributed by atoms with E-state index in [4.69, 9.17) is 9.84 Å². The van der Waals surface area contributed by atoms with Crippen molar-refractivity contribution in [3.8, 4) is 0 Å². The van der Waals surface area contributed by atoms with Crippen LogP contribution >= 0.6 is 0 Å². The van der Waals surface area contributed by atoms with Gasteiger partial charge in [-0.1, -0.05) is 12.1 Å². The molecule has 84 valence electrons. The number of aliphatic carboxylic acids is 1. The van der Waals surface area contributed by atoms with Crippen molar-refractivity contribution in [1.82, 2.24) is 0 Å². The lowest BCUT2D eigenvalue weighted by Gasteiger charge is -2.10. The zero-order valence-electron chi connectivity index (χ0n) is 8.39. The molecular formula is C11H10FNO3. The maximum atomic E-state index is 12.7. The Kier molecular flexibility index (Phi) is 2.85. The number of nitrogens with zero attached hydrogens (tertiary/aromatic N) is 1. The largest absolute Gasteiger partial charge is 0.481 e.